The van der Waals surface area contributed by atoms with E-state index >= 15 is 0 Å². The van der Waals surface area contributed by atoms with Crippen LogP contribution in [0.25, 0.3) is 5.57 Å². The third kappa shape index (κ3) is 3.12. The van der Waals surface area contributed by atoms with E-state index in [9.17, 15) is 9.90 Å². The van der Waals surface area contributed by atoms with E-state index in [2.05, 4.69) is 15.8 Å². The van der Waals surface area contributed by atoms with E-state index in [1.165, 1.54) is 30.9 Å². The number of phenolic OH excluding ortho intramolecular Hbond substituents is 1. The standard InChI is InChI=1S/C20H22N2O4/c23-11-17-19(24)5-2-6-20(17)26-13-14-12-25-10-8-16(14)18-7-9-21-22(18)15-3-1-4-15/h2,5-7,9,11,15,24H,1,3-4,8,10,12-13H2. The van der Waals surface area contributed by atoms with E-state index in [-0.39, 0.29) is 11.3 Å². The minimum atomic E-state index is -0.0744. The van der Waals surface area contributed by atoms with Crippen molar-refractivity contribution in [3.63, 3.8) is 0 Å². The molecular weight excluding hydrogens is 332 g/mol. The summed E-state index contributed by atoms with van der Waals surface area (Å²) in [5.41, 5.74) is 3.58. The highest BCUT2D eigenvalue weighted by molar-refractivity contribution is 5.83. The van der Waals surface area contributed by atoms with Crippen molar-refractivity contribution in [2.24, 2.45) is 0 Å². The summed E-state index contributed by atoms with van der Waals surface area (Å²) >= 11 is 0. The first-order valence-corrected chi connectivity index (χ1v) is 9.00. The molecule has 6 nitrogen and oxygen atoms in total. The van der Waals surface area contributed by atoms with Gasteiger partial charge in [0.2, 0.25) is 0 Å². The van der Waals surface area contributed by atoms with Gasteiger partial charge in [0, 0.05) is 6.20 Å². The highest BCUT2D eigenvalue weighted by atomic mass is 16.5. The average molecular weight is 354 g/mol. The molecule has 0 bridgehead atoms. The Morgan fingerprint density at radius 2 is 2.23 bits per heavy atom. The van der Waals surface area contributed by atoms with Gasteiger partial charge in [-0.1, -0.05) is 6.07 Å². The Balaban J connectivity index is 1.60. The molecule has 6 heteroatoms. The van der Waals surface area contributed by atoms with Gasteiger partial charge in [-0.15, -0.1) is 0 Å². The lowest BCUT2D eigenvalue weighted by Crippen LogP contribution is -2.23. The zero-order valence-corrected chi connectivity index (χ0v) is 14.6. The molecule has 1 aliphatic heterocycles. The molecule has 0 saturated heterocycles. The third-order valence-corrected chi connectivity index (χ3v) is 5.16. The Labute approximate surface area is 152 Å². The van der Waals surface area contributed by atoms with Gasteiger partial charge in [0.25, 0.3) is 0 Å². The predicted octanol–water partition coefficient (Wildman–Crippen LogP) is 3.38. The Bertz CT molecular complexity index is 836. The van der Waals surface area contributed by atoms with E-state index in [0.29, 0.717) is 37.9 Å². The lowest BCUT2D eigenvalue weighted by atomic mass is 9.92. The van der Waals surface area contributed by atoms with Gasteiger partial charge in [-0.3, -0.25) is 9.48 Å². The van der Waals surface area contributed by atoms with Crippen LogP contribution in [0, 0.1) is 0 Å². The van der Waals surface area contributed by atoms with E-state index in [0.717, 1.165) is 17.7 Å². The van der Waals surface area contributed by atoms with E-state index in [1.54, 1.807) is 12.1 Å². The van der Waals surface area contributed by atoms with Crippen LogP contribution >= 0.6 is 0 Å². The zero-order chi connectivity index (χ0) is 17.9. The molecule has 0 unspecified atom stereocenters. The highest BCUT2D eigenvalue weighted by Gasteiger charge is 2.25. The van der Waals surface area contributed by atoms with Crippen LogP contribution in [0.4, 0.5) is 0 Å². The number of phenols is 1. The molecule has 0 spiro atoms. The quantitative estimate of drug-likeness (QED) is 0.805. The first kappa shape index (κ1) is 16.8. The topological polar surface area (TPSA) is 73.6 Å². The van der Waals surface area contributed by atoms with Crippen LogP contribution in [0.5, 0.6) is 11.5 Å². The summed E-state index contributed by atoms with van der Waals surface area (Å²) in [4.78, 5) is 11.2. The lowest BCUT2D eigenvalue weighted by Gasteiger charge is -2.29. The normalized spacial score (nSPS) is 17.8. The molecule has 1 N–H and O–H groups in total. The van der Waals surface area contributed by atoms with Crippen molar-refractivity contribution in [2.45, 2.75) is 31.7 Å². The molecule has 1 saturated carbocycles. The summed E-state index contributed by atoms with van der Waals surface area (Å²) < 4.78 is 13.6. The smallest absolute Gasteiger partial charge is 0.157 e. The predicted molar refractivity (Wildman–Crippen MR) is 96.5 cm³/mol. The molecule has 26 heavy (non-hydrogen) atoms. The fraction of sp³-hybridized carbons (Fsp3) is 0.400. The number of hydrogen-bond donors (Lipinski definition) is 1. The fourth-order valence-corrected chi connectivity index (χ4v) is 3.49. The number of ether oxygens (including phenoxy) is 2. The Hall–Kier alpha value is -2.60. The fourth-order valence-electron chi connectivity index (χ4n) is 3.49. The van der Waals surface area contributed by atoms with E-state index in [1.807, 2.05) is 6.20 Å². The van der Waals surface area contributed by atoms with Crippen molar-refractivity contribution in [1.82, 2.24) is 9.78 Å². The molecule has 2 aliphatic rings. The number of carbonyl (C=O) groups excluding carboxylic acids is 1. The van der Waals surface area contributed by atoms with Gasteiger partial charge in [-0.25, -0.2) is 0 Å². The minimum Gasteiger partial charge on any atom is -0.507 e. The van der Waals surface area contributed by atoms with Crippen LogP contribution in [-0.2, 0) is 4.74 Å². The summed E-state index contributed by atoms with van der Waals surface area (Å²) in [7, 11) is 0. The van der Waals surface area contributed by atoms with Crippen molar-refractivity contribution in [3.8, 4) is 11.5 Å². The molecule has 136 valence electrons. The molecule has 2 heterocycles. The van der Waals surface area contributed by atoms with Crippen LogP contribution in [-0.4, -0.2) is 41.0 Å². The molecule has 4 rings (SSSR count). The first-order chi connectivity index (χ1) is 12.8. The van der Waals surface area contributed by atoms with E-state index in [4.69, 9.17) is 9.47 Å². The molecular formula is C20H22N2O4. The van der Waals surface area contributed by atoms with Crippen LogP contribution in [0.2, 0.25) is 0 Å². The maximum absolute atomic E-state index is 11.2. The minimum absolute atomic E-state index is 0.0744. The summed E-state index contributed by atoms with van der Waals surface area (Å²) in [6, 6.07) is 7.37. The largest absolute Gasteiger partial charge is 0.507 e. The van der Waals surface area contributed by atoms with Crippen LogP contribution < -0.4 is 4.74 Å². The van der Waals surface area contributed by atoms with Crippen LogP contribution in [0.15, 0.2) is 36.0 Å². The summed E-state index contributed by atoms with van der Waals surface area (Å²) in [5.74, 6) is 0.305. The molecule has 1 fully saturated rings. The van der Waals surface area contributed by atoms with Gasteiger partial charge >= 0.3 is 0 Å². The number of aromatic nitrogens is 2. The Morgan fingerprint density at radius 1 is 1.35 bits per heavy atom. The van der Waals surface area contributed by atoms with Gasteiger partial charge < -0.3 is 14.6 Å². The van der Waals surface area contributed by atoms with Crippen molar-refractivity contribution in [3.05, 3.63) is 47.3 Å². The number of aldehydes is 1. The maximum atomic E-state index is 11.2. The molecule has 0 atom stereocenters. The monoisotopic (exact) mass is 354 g/mol. The second-order valence-corrected chi connectivity index (χ2v) is 6.73. The lowest BCUT2D eigenvalue weighted by molar-refractivity contribution is 0.111. The SMILES string of the molecule is O=Cc1c(O)cccc1OCC1=C(c2ccnn2C2CCC2)CCOC1. The van der Waals surface area contributed by atoms with Gasteiger partial charge in [0.15, 0.2) is 6.29 Å². The summed E-state index contributed by atoms with van der Waals surface area (Å²) in [6.07, 6.45) is 6.90. The van der Waals surface area contributed by atoms with Crippen molar-refractivity contribution < 1.29 is 19.4 Å². The first-order valence-electron chi connectivity index (χ1n) is 9.00. The maximum Gasteiger partial charge on any atom is 0.157 e. The van der Waals surface area contributed by atoms with Crippen LogP contribution in [0.3, 0.4) is 0 Å². The molecule has 0 amide bonds. The number of aromatic hydroxyl groups is 1. The third-order valence-electron chi connectivity index (χ3n) is 5.16. The summed E-state index contributed by atoms with van der Waals surface area (Å²) in [6.45, 7) is 1.50. The van der Waals surface area contributed by atoms with Crippen molar-refractivity contribution >= 4 is 11.9 Å². The Morgan fingerprint density at radius 3 is 3.00 bits per heavy atom. The number of benzene rings is 1. The molecule has 0 radical (unpaired) electrons. The molecule has 1 aromatic heterocycles. The second-order valence-electron chi connectivity index (χ2n) is 6.73. The highest BCUT2D eigenvalue weighted by Crippen LogP contribution is 2.36. The van der Waals surface area contributed by atoms with Gasteiger partial charge in [-0.2, -0.15) is 5.10 Å². The number of rotatable bonds is 6. The number of hydrogen-bond acceptors (Lipinski definition) is 5. The van der Waals surface area contributed by atoms with Gasteiger partial charge in [0.05, 0.1) is 30.5 Å². The van der Waals surface area contributed by atoms with E-state index < -0.39 is 0 Å². The van der Waals surface area contributed by atoms with Gasteiger partial charge in [0.1, 0.15) is 18.1 Å². The van der Waals surface area contributed by atoms with Crippen molar-refractivity contribution in [2.75, 3.05) is 19.8 Å². The average Bonchev–Trinajstić information content (AvgIpc) is 3.07. The number of nitrogens with zero attached hydrogens (tertiary/aromatic N) is 2. The van der Waals surface area contributed by atoms with Crippen molar-refractivity contribution in [1.29, 1.82) is 0 Å². The van der Waals surface area contributed by atoms with Gasteiger partial charge in [-0.05, 0) is 55.0 Å². The summed E-state index contributed by atoms with van der Waals surface area (Å²) in [5, 5.41) is 14.3. The Kier molecular flexibility index (Phi) is 4.75. The second kappa shape index (κ2) is 7.33. The molecule has 1 aromatic carbocycles. The number of carbonyl (C=O) groups is 1. The zero-order valence-electron chi connectivity index (χ0n) is 14.6. The van der Waals surface area contributed by atoms with Crippen LogP contribution in [0.1, 0.15) is 47.8 Å². The molecule has 1 aliphatic carbocycles. The molecule has 2 aromatic rings.